The molecule has 3 aromatic rings. The van der Waals surface area contributed by atoms with E-state index in [9.17, 15) is 19.5 Å². The lowest BCUT2D eigenvalue weighted by atomic mass is 9.81. The van der Waals surface area contributed by atoms with E-state index in [1.54, 1.807) is 46.1 Å². The molecule has 0 unspecified atom stereocenters. The molecule has 0 saturated carbocycles. The molecule has 3 atom stereocenters. The summed E-state index contributed by atoms with van der Waals surface area (Å²) >= 11 is 0. The van der Waals surface area contributed by atoms with Crippen molar-refractivity contribution >= 4 is 44.6 Å². The predicted molar refractivity (Wildman–Crippen MR) is 155 cm³/mol. The fraction of sp³-hybridized carbons (Fsp3) is 0.448. The van der Waals surface area contributed by atoms with Crippen LogP contribution >= 0.6 is 21.6 Å². The van der Waals surface area contributed by atoms with Crippen molar-refractivity contribution in [2.45, 2.75) is 70.1 Å². The van der Waals surface area contributed by atoms with Crippen LogP contribution in [0, 0.1) is 12.7 Å². The molecule has 0 spiro atoms. The van der Waals surface area contributed by atoms with Gasteiger partial charge in [0.2, 0.25) is 0 Å². The predicted octanol–water partition coefficient (Wildman–Crippen LogP) is 4.64. The molecule has 2 N–H and O–H groups in total. The summed E-state index contributed by atoms with van der Waals surface area (Å²) in [5.41, 5.74) is 2.33. The summed E-state index contributed by atoms with van der Waals surface area (Å²) in [7, 11) is 3.22. The highest BCUT2D eigenvalue weighted by atomic mass is 33.1. The molecule has 3 aliphatic rings. The molecule has 4 heterocycles. The molecule has 1 amide bonds. The van der Waals surface area contributed by atoms with Crippen molar-refractivity contribution in [1.82, 2.24) is 14.9 Å². The Morgan fingerprint density at radius 1 is 1.34 bits per heavy atom. The van der Waals surface area contributed by atoms with Crippen molar-refractivity contribution in [3.63, 3.8) is 0 Å². The summed E-state index contributed by atoms with van der Waals surface area (Å²) in [4.78, 5) is 44.0. The number of cyclic esters (lactones) is 1. The van der Waals surface area contributed by atoms with Gasteiger partial charge in [-0.15, -0.1) is 0 Å². The van der Waals surface area contributed by atoms with E-state index in [2.05, 4.69) is 5.32 Å². The molecule has 1 aliphatic carbocycles. The summed E-state index contributed by atoms with van der Waals surface area (Å²) in [6.07, 6.45) is 2.51. The number of carbonyl (C=O) groups excluding carboxylic acids is 2. The lowest BCUT2D eigenvalue weighted by molar-refractivity contribution is -0.172. The van der Waals surface area contributed by atoms with Crippen molar-refractivity contribution in [2.24, 2.45) is 0 Å². The van der Waals surface area contributed by atoms with Crippen LogP contribution in [0.3, 0.4) is 0 Å². The zero-order chi connectivity index (χ0) is 29.2. The minimum absolute atomic E-state index is 0.0288. The Balaban J connectivity index is 1.51. The van der Waals surface area contributed by atoms with Gasteiger partial charge in [-0.1, -0.05) is 28.5 Å². The number of carbonyl (C=O) groups is 2. The van der Waals surface area contributed by atoms with Crippen molar-refractivity contribution < 1.29 is 28.6 Å². The van der Waals surface area contributed by atoms with Gasteiger partial charge < -0.3 is 24.5 Å². The van der Waals surface area contributed by atoms with Crippen LogP contribution in [0.4, 0.5) is 9.18 Å². The van der Waals surface area contributed by atoms with Gasteiger partial charge >= 0.3 is 12.1 Å². The first-order chi connectivity index (χ1) is 19.6. The fourth-order valence-electron chi connectivity index (χ4n) is 6.27. The molecule has 216 valence electrons. The topological polar surface area (TPSA) is 120 Å². The Kier molecular flexibility index (Phi) is 7.06. The molecule has 0 saturated heterocycles. The third kappa shape index (κ3) is 4.33. The molecule has 2 aromatic heterocycles. The number of hydrogen-bond acceptors (Lipinski definition) is 9. The first-order valence-electron chi connectivity index (χ1n) is 13.5. The number of nitrogens with one attached hydrogen (secondary N) is 1. The van der Waals surface area contributed by atoms with E-state index in [4.69, 9.17) is 14.5 Å². The van der Waals surface area contributed by atoms with Gasteiger partial charge in [0.05, 0.1) is 35.1 Å². The SMILES string of the molecule is CC[C@@]1(O)C(=O)OCc2c1cc1n(c2=O)Cc2c-1nc1cc(F)c(C)c3c1c2[C@@H](NC(=O)OC[C@H](C)SSC)CC3. The number of benzene rings is 1. The van der Waals surface area contributed by atoms with Gasteiger partial charge in [-0.2, -0.15) is 0 Å². The number of amides is 1. The van der Waals surface area contributed by atoms with E-state index >= 15 is 4.39 Å². The van der Waals surface area contributed by atoms with Crippen LogP contribution in [-0.2, 0) is 39.4 Å². The Morgan fingerprint density at radius 2 is 2.12 bits per heavy atom. The maximum atomic E-state index is 15.1. The number of fused-ring (bicyclic) bond motifs is 5. The van der Waals surface area contributed by atoms with Crippen molar-refractivity contribution in [1.29, 1.82) is 0 Å². The number of ether oxygens (including phenoxy) is 2. The molecule has 0 radical (unpaired) electrons. The van der Waals surface area contributed by atoms with Crippen LogP contribution in [-0.4, -0.2) is 44.8 Å². The zero-order valence-corrected chi connectivity index (χ0v) is 24.8. The van der Waals surface area contributed by atoms with Gasteiger partial charge in [0.1, 0.15) is 19.0 Å². The van der Waals surface area contributed by atoms with Crippen LogP contribution < -0.4 is 10.9 Å². The maximum absolute atomic E-state index is 15.1. The van der Waals surface area contributed by atoms with E-state index in [0.29, 0.717) is 35.3 Å². The van der Waals surface area contributed by atoms with Crippen LogP contribution in [0.1, 0.15) is 66.1 Å². The summed E-state index contributed by atoms with van der Waals surface area (Å²) in [5.74, 6) is -1.17. The minimum Gasteiger partial charge on any atom is -0.458 e. The third-order valence-electron chi connectivity index (χ3n) is 8.38. The number of rotatable bonds is 6. The number of pyridine rings is 2. The van der Waals surface area contributed by atoms with Crippen LogP contribution in [0.5, 0.6) is 0 Å². The van der Waals surface area contributed by atoms with E-state index in [1.807, 2.05) is 13.2 Å². The first kappa shape index (κ1) is 28.0. The smallest absolute Gasteiger partial charge is 0.407 e. The Bertz CT molecular complexity index is 1690. The molecule has 2 aliphatic heterocycles. The largest absolute Gasteiger partial charge is 0.458 e. The third-order valence-corrected chi connectivity index (χ3v) is 10.6. The quantitative estimate of drug-likeness (QED) is 0.241. The number of aliphatic hydroxyl groups is 1. The monoisotopic (exact) mass is 599 g/mol. The Labute approximate surface area is 243 Å². The molecule has 6 rings (SSSR count). The number of aryl methyl sites for hydroxylation is 1. The highest BCUT2D eigenvalue weighted by Crippen LogP contribution is 2.46. The first-order valence-corrected chi connectivity index (χ1v) is 16.2. The van der Waals surface area contributed by atoms with Crippen LogP contribution in [0.15, 0.2) is 16.9 Å². The molecule has 0 bridgehead atoms. The molecule has 9 nitrogen and oxygen atoms in total. The summed E-state index contributed by atoms with van der Waals surface area (Å²) in [6, 6.07) is 2.58. The van der Waals surface area contributed by atoms with Gasteiger partial charge in [-0.25, -0.2) is 19.0 Å². The molecular weight excluding hydrogens is 569 g/mol. The highest BCUT2D eigenvalue weighted by Gasteiger charge is 2.46. The van der Waals surface area contributed by atoms with Gasteiger partial charge in [0.25, 0.3) is 5.56 Å². The van der Waals surface area contributed by atoms with E-state index < -0.39 is 23.7 Å². The second kappa shape index (κ2) is 10.3. The van der Waals surface area contributed by atoms with Crippen molar-refractivity contribution in [3.8, 4) is 11.4 Å². The van der Waals surface area contributed by atoms with Gasteiger partial charge in [-0.3, -0.25) is 4.79 Å². The van der Waals surface area contributed by atoms with Crippen molar-refractivity contribution in [2.75, 3.05) is 12.9 Å². The second-order valence-corrected chi connectivity index (χ2v) is 13.6. The summed E-state index contributed by atoms with van der Waals surface area (Å²) < 4.78 is 27.3. The lowest BCUT2D eigenvalue weighted by Crippen LogP contribution is -2.44. The second-order valence-electron chi connectivity index (χ2n) is 10.7. The van der Waals surface area contributed by atoms with Gasteiger partial charge in [0, 0.05) is 27.8 Å². The highest BCUT2D eigenvalue weighted by molar-refractivity contribution is 8.76. The fourth-order valence-corrected chi connectivity index (χ4v) is 7.87. The molecule has 41 heavy (non-hydrogen) atoms. The van der Waals surface area contributed by atoms with Crippen molar-refractivity contribution in [3.05, 3.63) is 61.7 Å². The lowest BCUT2D eigenvalue weighted by Gasteiger charge is -2.31. The van der Waals surface area contributed by atoms with E-state index in [0.717, 1.165) is 22.1 Å². The van der Waals surface area contributed by atoms with Gasteiger partial charge in [-0.05, 0) is 62.1 Å². The number of halogens is 1. The number of alkyl carbamates (subject to hydrolysis) is 1. The molecular formula is C29H30FN3O6S2. The van der Waals surface area contributed by atoms with E-state index in [1.165, 1.54) is 6.07 Å². The number of esters is 1. The van der Waals surface area contributed by atoms with Crippen LogP contribution in [0.25, 0.3) is 22.3 Å². The zero-order valence-electron chi connectivity index (χ0n) is 23.1. The Hall–Kier alpha value is -3.09. The molecule has 1 aromatic carbocycles. The molecule has 0 fully saturated rings. The standard InChI is InChI=1S/C29H30FN3O6S2/c1-5-29(37)18-8-22-25-16(10-33(22)26(34)17(18)12-38-27(29)35)24-20(32-28(36)39-11-13(2)41-40-4)7-6-15-14(3)19(30)9-21(31-25)23(15)24/h8-9,13,20,37H,5-7,10-12H2,1-4H3,(H,32,36)/t13-,20-,29-/m0/s1. The molecule has 12 heteroatoms. The normalized spacial score (nSPS) is 21.1. The maximum Gasteiger partial charge on any atom is 0.407 e. The average Bonchev–Trinajstić information content (AvgIpc) is 3.32. The van der Waals surface area contributed by atoms with E-state index in [-0.39, 0.29) is 53.9 Å². The minimum atomic E-state index is -1.95. The Morgan fingerprint density at radius 3 is 2.85 bits per heavy atom. The van der Waals surface area contributed by atoms with Crippen LogP contribution in [0.2, 0.25) is 0 Å². The summed E-state index contributed by atoms with van der Waals surface area (Å²) in [6.45, 7) is 5.57. The number of nitrogens with zero attached hydrogens (tertiary/aromatic N) is 2. The van der Waals surface area contributed by atoms with Gasteiger partial charge in [0.15, 0.2) is 5.60 Å². The average molecular weight is 600 g/mol. The number of aromatic nitrogens is 2. The number of hydrogen-bond donors (Lipinski definition) is 2. The summed E-state index contributed by atoms with van der Waals surface area (Å²) in [5, 5.41) is 15.1.